The van der Waals surface area contributed by atoms with E-state index in [2.05, 4.69) is 58.8 Å². The Labute approximate surface area is 772 Å². The molecule has 10 heterocycles. The molecule has 6 aromatic heterocycles. The number of carbonyl (C=O) groups excluding carboxylic acids is 4. The lowest BCUT2D eigenvalue weighted by Gasteiger charge is -2.32. The molecule has 0 bridgehead atoms. The Morgan fingerprint density at radius 3 is 0.917 bits per heavy atom. The average Bonchev–Trinajstić information content (AvgIpc) is 1.78. The molecule has 4 amide bonds. The standard InChI is InChI=1S/C24H27N5O5S.C24H27N5O4S.C21H23N5O5S.C21H23N5O4S2/c30-16-18-4-3-5-19(12-18)21-6-1-2-7-22(21)35(33,34)27-13-17-8-10-29(11-9-17)24-25-14-20(15-26-24)23(31)28-32;1-17-5-4-6-19(13-17)21-7-2-3-8-22(21)34(32,33)27-14-18-9-11-29(12-10-18)24-25-15-20(16-26-24)23(30)28-31;2*27-20(25-28)17-12-22-21(23-13-17)26-8-5-15(6-9-26)11-24-32(29,30)19-4-2-1-3-18(19)16-7-10-31-14-16/h1-7,12,14-15,17,27,30,32H,8-11,13,16H2,(H,28,31);2-8,13,15-16,18,27,31H,9-12,14H2,1H3,(H,28,30);2*1-4,7,10,12-15,24,28H,5-6,8-9,11H2,(H,25,27). The number of sulfonamides is 4. The average molecular weight is 1910 g/mol. The molecule has 4 aliphatic heterocycles. The molecule has 4 aliphatic rings. The quantitative estimate of drug-likeness (QED) is 0.0153. The van der Waals surface area contributed by atoms with Gasteiger partial charge in [0.05, 0.1) is 61.0 Å². The number of hydroxylamine groups is 4. The highest BCUT2D eigenvalue weighted by molar-refractivity contribution is 7.90. The molecule has 698 valence electrons. The van der Waals surface area contributed by atoms with E-state index >= 15 is 0 Å². The van der Waals surface area contributed by atoms with Crippen molar-refractivity contribution in [3.05, 3.63) is 264 Å². The van der Waals surface area contributed by atoms with Crippen molar-refractivity contribution in [3.63, 3.8) is 0 Å². The minimum atomic E-state index is -3.75. The first-order chi connectivity index (χ1) is 64.2. The van der Waals surface area contributed by atoms with Gasteiger partial charge in [-0.1, -0.05) is 121 Å². The molecule has 0 aliphatic carbocycles. The Balaban J connectivity index is 0.000000151. The summed E-state index contributed by atoms with van der Waals surface area (Å²) in [5.41, 5.74) is 14.4. The lowest BCUT2D eigenvalue weighted by atomic mass is 9.97. The van der Waals surface area contributed by atoms with Gasteiger partial charge >= 0.3 is 0 Å². The third kappa shape index (κ3) is 25.9. The summed E-state index contributed by atoms with van der Waals surface area (Å²) in [6.45, 7) is 8.62. The number of piperidine rings is 4. The highest BCUT2D eigenvalue weighted by atomic mass is 32.2. The predicted octanol–water partition coefficient (Wildman–Crippen LogP) is 9.29. The zero-order valence-corrected chi connectivity index (χ0v) is 76.1. The van der Waals surface area contributed by atoms with Crippen molar-refractivity contribution in [3.8, 4) is 44.5 Å². The largest absolute Gasteiger partial charge is 0.472 e. The van der Waals surface area contributed by atoms with Crippen molar-refractivity contribution in [2.45, 2.75) is 84.5 Å². The number of carbonyl (C=O) groups is 4. The van der Waals surface area contributed by atoms with Gasteiger partial charge in [-0.05, 0) is 157 Å². The third-order valence-electron chi connectivity index (χ3n) is 23.0. The van der Waals surface area contributed by atoms with Crippen molar-refractivity contribution in [2.24, 2.45) is 23.7 Å². The van der Waals surface area contributed by atoms with Crippen LogP contribution in [0.1, 0.15) is 104 Å². The number of amides is 4. The molecule has 4 saturated heterocycles. The van der Waals surface area contributed by atoms with E-state index in [-0.39, 0.29) is 72.1 Å². The van der Waals surface area contributed by atoms with E-state index in [9.17, 15) is 58.0 Å². The molecule has 13 N–H and O–H groups in total. The number of furan rings is 1. The molecule has 0 spiro atoms. The number of hydrogen-bond acceptors (Lipinski definition) is 31. The van der Waals surface area contributed by atoms with E-state index in [1.807, 2.05) is 97.9 Å². The molecule has 0 unspecified atom stereocenters. The summed E-state index contributed by atoms with van der Waals surface area (Å²) < 4.78 is 121. The van der Waals surface area contributed by atoms with E-state index in [0.29, 0.717) is 136 Å². The van der Waals surface area contributed by atoms with Crippen LogP contribution >= 0.6 is 11.3 Å². The second-order valence-electron chi connectivity index (χ2n) is 31.7. The van der Waals surface area contributed by atoms with Crippen molar-refractivity contribution in [2.75, 3.05) is 98.1 Å². The number of aliphatic hydroxyl groups excluding tert-OH is 1. The van der Waals surface area contributed by atoms with E-state index in [4.69, 9.17) is 25.2 Å². The number of nitrogens with zero attached hydrogens (tertiary/aromatic N) is 12. The van der Waals surface area contributed by atoms with Gasteiger partial charge < -0.3 is 29.1 Å². The van der Waals surface area contributed by atoms with Crippen LogP contribution < -0.4 is 60.4 Å². The number of aromatic nitrogens is 8. The molecule has 38 nitrogen and oxygen atoms in total. The molecule has 12 aromatic rings. The SMILES string of the molecule is Cc1cccc(-c2ccccc2S(=O)(=O)NCC2CCN(c3ncc(C(=O)NO)cn3)CC2)c1.O=C(NO)c1cnc(N2CCC(CNS(=O)(=O)c3ccccc3-c3cccc(CO)c3)CC2)nc1.O=C(NO)c1cnc(N2CCC(CNS(=O)(=O)c3ccccc3-c3ccoc3)CC2)nc1.O=C(NO)c1cnc(N2CCC(CNS(=O)(=O)c3ccccc3-c3ccsc3)CC2)nc1. The Morgan fingerprint density at radius 1 is 0.361 bits per heavy atom. The van der Waals surface area contributed by atoms with Crippen LogP contribution in [-0.4, -0.2) is 202 Å². The number of nitrogens with one attached hydrogen (secondary N) is 8. The first kappa shape index (κ1) is 97.7. The van der Waals surface area contributed by atoms with Crippen LogP contribution in [0, 0.1) is 30.6 Å². The second kappa shape index (κ2) is 46.0. The smallest absolute Gasteiger partial charge is 0.277 e. The minimum Gasteiger partial charge on any atom is -0.472 e. The Bertz CT molecular complexity index is 6210. The van der Waals surface area contributed by atoms with Crippen molar-refractivity contribution in [1.82, 2.24) is 80.7 Å². The van der Waals surface area contributed by atoms with Crippen molar-refractivity contribution in [1.29, 1.82) is 0 Å². The fraction of sp³-hybridized carbons (Fsp3) is 0.289. The number of hydrogen-bond donors (Lipinski definition) is 13. The molecule has 133 heavy (non-hydrogen) atoms. The van der Waals surface area contributed by atoms with Gasteiger partial charge in [0.25, 0.3) is 23.6 Å². The maximum atomic E-state index is 13.2. The molecule has 0 radical (unpaired) electrons. The van der Waals surface area contributed by atoms with Crippen LogP contribution in [0.2, 0.25) is 0 Å². The van der Waals surface area contributed by atoms with Crippen LogP contribution in [-0.2, 0) is 46.7 Å². The number of aryl methyl sites for hydroxylation is 1. The van der Waals surface area contributed by atoms with Gasteiger partial charge in [0.2, 0.25) is 63.9 Å². The Kier molecular flexibility index (Phi) is 33.8. The van der Waals surface area contributed by atoms with Gasteiger partial charge in [-0.15, -0.1) is 0 Å². The van der Waals surface area contributed by atoms with E-state index in [1.165, 1.54) is 73.4 Å². The number of thiophene rings is 1. The maximum absolute atomic E-state index is 13.2. The first-order valence-electron chi connectivity index (χ1n) is 42.5. The van der Waals surface area contributed by atoms with Crippen molar-refractivity contribution < 1.29 is 83.2 Å². The second-order valence-corrected chi connectivity index (χ2v) is 39.4. The zero-order chi connectivity index (χ0) is 94.1. The first-order valence-corrected chi connectivity index (χ1v) is 49.3. The molecule has 4 fully saturated rings. The van der Waals surface area contributed by atoms with Gasteiger partial charge in [0.1, 0.15) is 0 Å². The van der Waals surface area contributed by atoms with Crippen molar-refractivity contribution >= 4 is 98.9 Å². The fourth-order valence-corrected chi connectivity index (χ4v) is 21.5. The predicted molar refractivity (Wildman–Crippen MR) is 494 cm³/mol. The Morgan fingerprint density at radius 2 is 0.647 bits per heavy atom. The number of aliphatic hydroxyl groups is 1. The summed E-state index contributed by atoms with van der Waals surface area (Å²) in [6, 6.07) is 46.4. The molecular formula is C90H100N20O18S5. The maximum Gasteiger partial charge on any atom is 0.277 e. The zero-order valence-electron chi connectivity index (χ0n) is 72.0. The minimum absolute atomic E-state index is 0.118. The summed E-state index contributed by atoms with van der Waals surface area (Å²) in [7, 11) is -14.8. The molecule has 16 rings (SSSR count). The third-order valence-corrected chi connectivity index (χ3v) is 29.6. The number of benzene rings is 6. The van der Waals surface area contributed by atoms with E-state index in [0.717, 1.165) is 73.6 Å². The highest BCUT2D eigenvalue weighted by Gasteiger charge is 2.32. The molecular weight excluding hydrogens is 1810 g/mol. The molecule has 0 atom stereocenters. The molecule has 0 saturated carbocycles. The van der Waals surface area contributed by atoms with Gasteiger partial charge in [-0.25, -0.2) is 114 Å². The summed E-state index contributed by atoms with van der Waals surface area (Å²) >= 11 is 1.53. The van der Waals surface area contributed by atoms with Crippen LogP contribution in [0.5, 0.6) is 0 Å². The Hall–Kier alpha value is -12.9. The number of rotatable bonds is 29. The van der Waals surface area contributed by atoms with Crippen LogP contribution in [0.25, 0.3) is 44.5 Å². The van der Waals surface area contributed by atoms with Gasteiger partial charge in [0.15, 0.2) is 0 Å². The van der Waals surface area contributed by atoms with Crippen LogP contribution in [0.4, 0.5) is 23.8 Å². The summed E-state index contributed by atoms with van der Waals surface area (Å²) in [4.78, 5) is 88.0. The van der Waals surface area contributed by atoms with Gasteiger partial charge in [-0.2, -0.15) is 11.3 Å². The molecule has 43 heteroatoms. The lowest BCUT2D eigenvalue weighted by molar-refractivity contribution is 0.0701. The van der Waals surface area contributed by atoms with Crippen LogP contribution in [0.3, 0.4) is 0 Å². The van der Waals surface area contributed by atoms with E-state index < -0.39 is 63.7 Å². The monoisotopic (exact) mass is 1910 g/mol. The normalized spacial score (nSPS) is 14.8. The molecule has 6 aromatic carbocycles. The lowest BCUT2D eigenvalue weighted by Crippen LogP contribution is -2.39. The van der Waals surface area contributed by atoms with Crippen LogP contribution in [0.15, 0.2) is 255 Å². The van der Waals surface area contributed by atoms with Gasteiger partial charge in [0, 0.05) is 156 Å². The van der Waals surface area contributed by atoms with E-state index in [1.54, 1.807) is 119 Å². The highest BCUT2D eigenvalue weighted by Crippen LogP contribution is 2.35. The summed E-state index contributed by atoms with van der Waals surface area (Å²) in [6.07, 6.45) is 20.1. The summed E-state index contributed by atoms with van der Waals surface area (Å²) in [5, 5.41) is 48.0. The van der Waals surface area contributed by atoms with Gasteiger partial charge in [-0.3, -0.25) is 40.0 Å². The fourth-order valence-electron chi connectivity index (χ4n) is 15.5. The topological polar surface area (TPSA) is 531 Å². The summed E-state index contributed by atoms with van der Waals surface area (Å²) in [5.74, 6) is 0.0397. The number of anilines is 4.